The smallest absolute Gasteiger partial charge is 0.261 e. The third kappa shape index (κ3) is 3.27. The van der Waals surface area contributed by atoms with E-state index in [1.165, 1.54) is 42.0 Å². The second kappa shape index (κ2) is 7.06. The molecule has 0 spiro atoms. The van der Waals surface area contributed by atoms with Gasteiger partial charge in [0, 0.05) is 13.1 Å². The van der Waals surface area contributed by atoms with E-state index in [2.05, 4.69) is 17.2 Å². The van der Waals surface area contributed by atoms with Crippen molar-refractivity contribution >= 4 is 28.6 Å². The first kappa shape index (κ1) is 17.6. The lowest BCUT2D eigenvalue weighted by Crippen LogP contribution is -2.41. The average Bonchev–Trinajstić information content (AvgIpc) is 3.27. The van der Waals surface area contributed by atoms with Gasteiger partial charge in [0.05, 0.1) is 16.7 Å². The average molecular weight is 372 g/mol. The van der Waals surface area contributed by atoms with Gasteiger partial charge in [-0.05, 0) is 56.1 Å². The molecule has 0 saturated heterocycles. The summed E-state index contributed by atoms with van der Waals surface area (Å²) in [6, 6.07) is 7.54. The number of aromatic nitrogens is 2. The van der Waals surface area contributed by atoms with Gasteiger partial charge in [-0.2, -0.15) is 0 Å². The van der Waals surface area contributed by atoms with Gasteiger partial charge < -0.3 is 5.32 Å². The maximum atomic E-state index is 12.4. The minimum absolute atomic E-state index is 0.0210. The molecule has 6 heteroatoms. The highest BCUT2D eigenvalue weighted by Gasteiger charge is 2.42. The third-order valence-electron chi connectivity index (χ3n) is 6.10. The van der Waals surface area contributed by atoms with Crippen LogP contribution in [0.2, 0.25) is 0 Å². The van der Waals surface area contributed by atoms with Gasteiger partial charge in [0.15, 0.2) is 5.16 Å². The van der Waals surface area contributed by atoms with Gasteiger partial charge in [-0.1, -0.05) is 30.3 Å². The Morgan fingerprint density at radius 3 is 2.88 bits per heavy atom. The summed E-state index contributed by atoms with van der Waals surface area (Å²) in [7, 11) is 1.71. The van der Waals surface area contributed by atoms with E-state index in [4.69, 9.17) is 0 Å². The van der Waals surface area contributed by atoms with Crippen LogP contribution in [0.3, 0.4) is 0 Å². The van der Waals surface area contributed by atoms with E-state index in [0.717, 1.165) is 11.8 Å². The number of fused-ring (bicyclic) bond motifs is 3. The maximum Gasteiger partial charge on any atom is 0.261 e. The van der Waals surface area contributed by atoms with E-state index in [-0.39, 0.29) is 23.3 Å². The zero-order chi connectivity index (χ0) is 18.3. The number of benzene rings is 1. The van der Waals surface area contributed by atoms with Crippen LogP contribution < -0.4 is 10.9 Å². The molecule has 2 aromatic rings. The topological polar surface area (TPSA) is 64.0 Å². The third-order valence-corrected chi connectivity index (χ3v) is 7.13. The number of rotatable bonds is 5. The first-order valence-corrected chi connectivity index (χ1v) is 10.4. The molecule has 2 saturated carbocycles. The van der Waals surface area contributed by atoms with Crippen molar-refractivity contribution in [3.8, 4) is 0 Å². The fraction of sp³-hybridized carbons (Fsp3) is 0.550. The Labute approximate surface area is 157 Å². The van der Waals surface area contributed by atoms with Crippen molar-refractivity contribution in [2.75, 3.05) is 5.75 Å². The molecule has 1 aromatic carbocycles. The van der Waals surface area contributed by atoms with Gasteiger partial charge in [-0.3, -0.25) is 14.2 Å². The number of para-hydroxylation sites is 1. The fourth-order valence-corrected chi connectivity index (χ4v) is 5.55. The maximum absolute atomic E-state index is 12.4. The van der Waals surface area contributed by atoms with Crippen LogP contribution in [0.1, 0.15) is 32.6 Å². The number of carbonyl (C=O) groups excluding carboxylic acids is 1. The number of amides is 1. The number of thioether (sulfide) groups is 1. The zero-order valence-electron chi connectivity index (χ0n) is 15.3. The summed E-state index contributed by atoms with van der Waals surface area (Å²) in [5, 5.41) is 4.36. The second-order valence-electron chi connectivity index (χ2n) is 7.76. The predicted octanol–water partition coefficient (Wildman–Crippen LogP) is 2.97. The minimum Gasteiger partial charge on any atom is -0.353 e. The van der Waals surface area contributed by atoms with Crippen molar-refractivity contribution < 1.29 is 4.79 Å². The zero-order valence-corrected chi connectivity index (χ0v) is 16.1. The molecule has 1 aromatic heterocycles. The summed E-state index contributed by atoms with van der Waals surface area (Å²) in [6.07, 6.45) is 5.31. The second-order valence-corrected chi connectivity index (χ2v) is 8.70. The number of nitrogens with one attached hydrogen (secondary N) is 1. The van der Waals surface area contributed by atoms with E-state index >= 15 is 0 Å². The van der Waals surface area contributed by atoms with E-state index in [1.54, 1.807) is 13.1 Å². The SMILES string of the molecule is C[C@@H](NC(=O)CSc1nc2ccccc2c(=O)n1C)[C@@H]1C[C@@H]2CC[C@@H]1C2. The molecule has 2 bridgehead atoms. The van der Waals surface area contributed by atoms with E-state index in [1.807, 2.05) is 18.2 Å². The van der Waals surface area contributed by atoms with E-state index < -0.39 is 0 Å². The van der Waals surface area contributed by atoms with Crippen molar-refractivity contribution in [2.45, 2.75) is 43.8 Å². The van der Waals surface area contributed by atoms with E-state index in [9.17, 15) is 9.59 Å². The lowest BCUT2D eigenvalue weighted by molar-refractivity contribution is -0.119. The highest BCUT2D eigenvalue weighted by molar-refractivity contribution is 7.99. The van der Waals surface area contributed by atoms with Crippen molar-refractivity contribution in [3.05, 3.63) is 34.6 Å². The molecule has 1 amide bonds. The van der Waals surface area contributed by atoms with Crippen LogP contribution in [-0.4, -0.2) is 27.3 Å². The van der Waals surface area contributed by atoms with E-state index in [0.29, 0.717) is 22.0 Å². The van der Waals surface area contributed by atoms with Crippen LogP contribution in [0.4, 0.5) is 0 Å². The molecule has 26 heavy (non-hydrogen) atoms. The molecular formula is C20H25N3O2S. The Balaban J connectivity index is 1.39. The number of hydrogen-bond donors (Lipinski definition) is 1. The molecule has 2 aliphatic carbocycles. The van der Waals surface area contributed by atoms with Gasteiger partial charge in [0.2, 0.25) is 5.91 Å². The highest BCUT2D eigenvalue weighted by atomic mass is 32.2. The Hall–Kier alpha value is -1.82. The van der Waals surface area contributed by atoms with Crippen molar-refractivity contribution in [1.82, 2.24) is 14.9 Å². The minimum atomic E-state index is -0.0751. The van der Waals surface area contributed by atoms with Crippen LogP contribution in [0.15, 0.2) is 34.2 Å². The van der Waals surface area contributed by atoms with Crippen molar-refractivity contribution in [2.24, 2.45) is 24.8 Å². The lowest BCUT2D eigenvalue weighted by Gasteiger charge is -2.28. The summed E-state index contributed by atoms with van der Waals surface area (Å²) < 4.78 is 1.53. The number of hydrogen-bond acceptors (Lipinski definition) is 4. The normalized spacial score (nSPS) is 25.5. The lowest BCUT2D eigenvalue weighted by atomic mass is 9.84. The summed E-state index contributed by atoms with van der Waals surface area (Å²) in [4.78, 5) is 29.4. The molecule has 0 radical (unpaired) electrons. The predicted molar refractivity (Wildman–Crippen MR) is 104 cm³/mol. The Morgan fingerprint density at radius 1 is 1.35 bits per heavy atom. The molecule has 4 rings (SSSR count). The van der Waals surface area contributed by atoms with Crippen LogP contribution in [0.5, 0.6) is 0 Å². The molecule has 2 fully saturated rings. The fourth-order valence-electron chi connectivity index (χ4n) is 4.77. The molecule has 0 aliphatic heterocycles. The Morgan fingerprint density at radius 2 is 2.15 bits per heavy atom. The van der Waals surface area contributed by atoms with Crippen LogP contribution >= 0.6 is 11.8 Å². The monoisotopic (exact) mass is 371 g/mol. The van der Waals surface area contributed by atoms with Gasteiger partial charge in [-0.15, -0.1) is 0 Å². The van der Waals surface area contributed by atoms with Crippen molar-refractivity contribution in [1.29, 1.82) is 0 Å². The molecule has 2 aliphatic rings. The van der Waals surface area contributed by atoms with Gasteiger partial charge >= 0.3 is 0 Å². The summed E-state index contributed by atoms with van der Waals surface area (Å²) in [5.41, 5.74) is 0.600. The van der Waals surface area contributed by atoms with Gasteiger partial charge in [0.25, 0.3) is 5.56 Å². The number of nitrogens with zero attached hydrogens (tertiary/aromatic N) is 2. The molecule has 4 atom stereocenters. The van der Waals surface area contributed by atoms with Crippen molar-refractivity contribution in [3.63, 3.8) is 0 Å². The first-order chi connectivity index (χ1) is 12.5. The quantitative estimate of drug-likeness (QED) is 0.648. The Bertz CT molecular complexity index is 894. The number of carbonyl (C=O) groups is 1. The first-order valence-electron chi connectivity index (χ1n) is 9.41. The molecule has 1 heterocycles. The van der Waals surface area contributed by atoms with Crippen LogP contribution in [0.25, 0.3) is 10.9 Å². The highest BCUT2D eigenvalue weighted by Crippen LogP contribution is 2.49. The molecule has 1 N–H and O–H groups in total. The summed E-state index contributed by atoms with van der Waals surface area (Å²) in [5.74, 6) is 2.61. The molecule has 0 unspecified atom stereocenters. The standard InChI is InChI=1S/C20H25N3O2S/c1-12(16-10-13-7-8-14(16)9-13)21-18(24)11-26-20-22-17-6-4-3-5-15(17)19(25)23(20)2/h3-6,12-14,16H,7-11H2,1-2H3,(H,21,24)/t12-,13-,14-,16+/m1/s1. The largest absolute Gasteiger partial charge is 0.353 e. The Kier molecular flexibility index (Phi) is 4.78. The van der Waals surface area contributed by atoms with Gasteiger partial charge in [0.1, 0.15) is 0 Å². The summed E-state index contributed by atoms with van der Waals surface area (Å²) >= 11 is 1.32. The van der Waals surface area contributed by atoms with Gasteiger partial charge in [-0.25, -0.2) is 4.98 Å². The van der Waals surface area contributed by atoms with Crippen LogP contribution in [-0.2, 0) is 11.8 Å². The molecule has 138 valence electrons. The van der Waals surface area contributed by atoms with Crippen LogP contribution in [0, 0.1) is 17.8 Å². The molecule has 5 nitrogen and oxygen atoms in total. The summed E-state index contributed by atoms with van der Waals surface area (Å²) in [6.45, 7) is 2.14. The molecular weight excluding hydrogens is 346 g/mol.